The van der Waals surface area contributed by atoms with Gasteiger partial charge in [-0.2, -0.15) is 0 Å². The van der Waals surface area contributed by atoms with Crippen molar-refractivity contribution >= 4 is 22.4 Å². The molecule has 0 aliphatic heterocycles. The van der Waals surface area contributed by atoms with Gasteiger partial charge in [-0.1, -0.05) is 50.6 Å². The van der Waals surface area contributed by atoms with Crippen molar-refractivity contribution in [2.45, 2.75) is 27.2 Å². The molecule has 4 heteroatoms. The largest absolute Gasteiger partial charge is 0.476 e. The maximum atomic E-state index is 6.01. The topological polar surface area (TPSA) is 35.0 Å². The molecule has 0 atom stereocenters. The third-order valence-electron chi connectivity index (χ3n) is 2.70. The first-order valence-corrected chi connectivity index (χ1v) is 6.39. The second kappa shape index (κ2) is 5.11. The fourth-order valence-corrected chi connectivity index (χ4v) is 1.81. The van der Waals surface area contributed by atoms with Crippen LogP contribution in [0.15, 0.2) is 24.3 Å². The highest BCUT2D eigenvalue weighted by atomic mass is 35.5. The maximum absolute atomic E-state index is 6.01. The van der Waals surface area contributed by atoms with E-state index in [9.17, 15) is 0 Å². The fourth-order valence-electron chi connectivity index (χ4n) is 1.61. The highest BCUT2D eigenvalue weighted by Crippen LogP contribution is 2.27. The van der Waals surface area contributed by atoms with Crippen molar-refractivity contribution in [2.24, 2.45) is 5.41 Å². The minimum Gasteiger partial charge on any atom is -0.476 e. The molecular formula is C14H17ClN2O. The summed E-state index contributed by atoms with van der Waals surface area (Å²) in [5.74, 6) is 0.555. The van der Waals surface area contributed by atoms with Crippen LogP contribution in [0, 0.1) is 5.41 Å². The van der Waals surface area contributed by atoms with Crippen LogP contribution in [0.1, 0.15) is 27.2 Å². The second-order valence-corrected chi connectivity index (χ2v) is 5.86. The van der Waals surface area contributed by atoms with E-state index >= 15 is 0 Å². The van der Waals surface area contributed by atoms with Crippen LogP contribution in [-0.4, -0.2) is 16.8 Å². The lowest BCUT2D eigenvalue weighted by atomic mass is 9.93. The zero-order valence-electron chi connectivity index (χ0n) is 10.9. The molecule has 3 nitrogen and oxygen atoms in total. The van der Waals surface area contributed by atoms with E-state index in [2.05, 4.69) is 31.0 Å². The Morgan fingerprint density at radius 1 is 1.11 bits per heavy atom. The van der Waals surface area contributed by atoms with E-state index in [1.54, 1.807) is 0 Å². The zero-order valence-corrected chi connectivity index (χ0v) is 11.7. The van der Waals surface area contributed by atoms with E-state index in [1.165, 1.54) is 0 Å². The van der Waals surface area contributed by atoms with E-state index < -0.39 is 0 Å². The standard InChI is InChI=1S/C14H17ClN2O/c1-14(2,3)8-9-18-13-11-7-5-4-6-10(11)12(15)16-17-13/h4-7H,8-9H2,1-3H3. The van der Waals surface area contributed by atoms with Crippen molar-refractivity contribution < 1.29 is 4.74 Å². The summed E-state index contributed by atoms with van der Waals surface area (Å²) in [5, 5.41) is 10.1. The molecule has 0 radical (unpaired) electrons. The van der Waals surface area contributed by atoms with Crippen LogP contribution in [0.2, 0.25) is 5.15 Å². The summed E-state index contributed by atoms with van der Waals surface area (Å²) >= 11 is 6.01. The SMILES string of the molecule is CC(C)(C)CCOc1nnc(Cl)c2ccccc12. The molecule has 0 bridgehead atoms. The summed E-state index contributed by atoms with van der Waals surface area (Å²) in [6, 6.07) is 7.73. The second-order valence-electron chi connectivity index (χ2n) is 5.50. The molecule has 0 spiro atoms. The van der Waals surface area contributed by atoms with Gasteiger partial charge in [0.15, 0.2) is 5.15 Å². The summed E-state index contributed by atoms with van der Waals surface area (Å²) in [5.41, 5.74) is 0.246. The van der Waals surface area contributed by atoms with Gasteiger partial charge in [0.1, 0.15) is 0 Å². The normalized spacial score (nSPS) is 11.8. The first-order valence-electron chi connectivity index (χ1n) is 6.01. The van der Waals surface area contributed by atoms with Gasteiger partial charge >= 0.3 is 0 Å². The van der Waals surface area contributed by atoms with Crippen molar-refractivity contribution in [2.75, 3.05) is 6.61 Å². The van der Waals surface area contributed by atoms with Gasteiger partial charge in [-0.05, 0) is 17.9 Å². The van der Waals surface area contributed by atoms with Gasteiger partial charge in [-0.15, -0.1) is 10.2 Å². The Labute approximate surface area is 112 Å². The lowest BCUT2D eigenvalue weighted by Gasteiger charge is -2.18. The number of fused-ring (bicyclic) bond motifs is 1. The van der Waals surface area contributed by atoms with Crippen molar-refractivity contribution in [3.8, 4) is 5.88 Å². The molecule has 18 heavy (non-hydrogen) atoms. The lowest BCUT2D eigenvalue weighted by Crippen LogP contribution is -2.12. The van der Waals surface area contributed by atoms with Gasteiger partial charge in [0.05, 0.1) is 6.61 Å². The highest BCUT2D eigenvalue weighted by Gasteiger charge is 2.12. The predicted molar refractivity (Wildman–Crippen MR) is 74.1 cm³/mol. The summed E-state index contributed by atoms with van der Waals surface area (Å²) in [4.78, 5) is 0. The third kappa shape index (κ3) is 3.10. The van der Waals surface area contributed by atoms with E-state index in [4.69, 9.17) is 16.3 Å². The Bertz CT molecular complexity index is 549. The minimum absolute atomic E-state index is 0.246. The quantitative estimate of drug-likeness (QED) is 0.837. The first kappa shape index (κ1) is 13.1. The first-order chi connectivity index (χ1) is 8.47. The molecule has 2 aromatic rings. The smallest absolute Gasteiger partial charge is 0.241 e. The van der Waals surface area contributed by atoms with Crippen molar-refractivity contribution in [3.05, 3.63) is 29.4 Å². The highest BCUT2D eigenvalue weighted by molar-refractivity contribution is 6.34. The van der Waals surface area contributed by atoms with Crippen LogP contribution < -0.4 is 4.74 Å². The molecule has 0 fully saturated rings. The van der Waals surface area contributed by atoms with Gasteiger partial charge in [-0.3, -0.25) is 0 Å². The summed E-state index contributed by atoms with van der Waals surface area (Å²) < 4.78 is 5.72. The zero-order chi connectivity index (χ0) is 13.2. The number of rotatable bonds is 3. The predicted octanol–water partition coefficient (Wildman–Crippen LogP) is 4.10. The molecule has 0 N–H and O–H groups in total. The molecule has 2 rings (SSSR count). The summed E-state index contributed by atoms with van der Waals surface area (Å²) in [7, 11) is 0. The number of benzene rings is 1. The molecular weight excluding hydrogens is 248 g/mol. The van der Waals surface area contributed by atoms with Gasteiger partial charge in [0.25, 0.3) is 0 Å². The number of hydrogen-bond acceptors (Lipinski definition) is 3. The number of nitrogens with zero attached hydrogens (tertiary/aromatic N) is 2. The summed E-state index contributed by atoms with van der Waals surface area (Å²) in [6.07, 6.45) is 0.964. The molecule has 1 heterocycles. The fraction of sp³-hybridized carbons (Fsp3) is 0.429. The molecule has 0 aliphatic carbocycles. The van der Waals surface area contributed by atoms with E-state index in [1.807, 2.05) is 24.3 Å². The van der Waals surface area contributed by atoms with Crippen LogP contribution in [0.5, 0.6) is 5.88 Å². The Morgan fingerprint density at radius 3 is 2.44 bits per heavy atom. The Balaban J connectivity index is 2.21. The number of aromatic nitrogens is 2. The maximum Gasteiger partial charge on any atom is 0.241 e. The van der Waals surface area contributed by atoms with Crippen molar-refractivity contribution in [3.63, 3.8) is 0 Å². The molecule has 0 saturated carbocycles. The van der Waals surface area contributed by atoms with E-state index in [-0.39, 0.29) is 5.41 Å². The van der Waals surface area contributed by atoms with Gasteiger partial charge < -0.3 is 4.74 Å². The minimum atomic E-state index is 0.246. The summed E-state index contributed by atoms with van der Waals surface area (Å²) in [6.45, 7) is 7.18. The molecule has 0 aliphatic rings. The van der Waals surface area contributed by atoms with E-state index in [0.717, 1.165) is 17.2 Å². The molecule has 1 aromatic heterocycles. The average Bonchev–Trinajstić information content (AvgIpc) is 2.31. The van der Waals surface area contributed by atoms with Crippen LogP contribution >= 0.6 is 11.6 Å². The Hall–Kier alpha value is -1.35. The van der Waals surface area contributed by atoms with Crippen LogP contribution in [0.3, 0.4) is 0 Å². The van der Waals surface area contributed by atoms with E-state index in [0.29, 0.717) is 17.6 Å². The monoisotopic (exact) mass is 264 g/mol. The van der Waals surface area contributed by atoms with Gasteiger partial charge in [0, 0.05) is 10.8 Å². The van der Waals surface area contributed by atoms with Gasteiger partial charge in [0.2, 0.25) is 5.88 Å². The van der Waals surface area contributed by atoms with Crippen molar-refractivity contribution in [1.29, 1.82) is 0 Å². The van der Waals surface area contributed by atoms with Gasteiger partial charge in [-0.25, -0.2) is 0 Å². The Kier molecular flexibility index (Phi) is 3.71. The van der Waals surface area contributed by atoms with Crippen molar-refractivity contribution in [1.82, 2.24) is 10.2 Å². The number of ether oxygens (including phenoxy) is 1. The third-order valence-corrected chi connectivity index (χ3v) is 2.98. The Morgan fingerprint density at radius 2 is 1.78 bits per heavy atom. The molecule has 0 amide bonds. The lowest BCUT2D eigenvalue weighted by molar-refractivity contribution is 0.237. The number of halogens is 1. The molecule has 96 valence electrons. The molecule has 0 saturated heterocycles. The van der Waals surface area contributed by atoms with Crippen LogP contribution in [0.4, 0.5) is 0 Å². The molecule has 0 unspecified atom stereocenters. The number of hydrogen-bond donors (Lipinski definition) is 0. The molecule has 1 aromatic carbocycles. The van der Waals surface area contributed by atoms with Crippen LogP contribution in [0.25, 0.3) is 10.8 Å². The average molecular weight is 265 g/mol. The van der Waals surface area contributed by atoms with Crippen LogP contribution in [-0.2, 0) is 0 Å².